The molecular formula is C29H27Cl2N3O2. The molecule has 0 saturated carbocycles. The van der Waals surface area contributed by atoms with Crippen molar-refractivity contribution in [2.24, 2.45) is 0 Å². The van der Waals surface area contributed by atoms with Crippen LogP contribution in [0.25, 0.3) is 10.9 Å². The molecule has 5 rings (SSSR count). The first-order valence-electron chi connectivity index (χ1n) is 12.0. The van der Waals surface area contributed by atoms with Crippen LogP contribution in [0.2, 0.25) is 10.0 Å². The fourth-order valence-corrected chi connectivity index (χ4v) is 5.74. The van der Waals surface area contributed by atoms with Crippen LogP contribution in [0.3, 0.4) is 0 Å². The summed E-state index contributed by atoms with van der Waals surface area (Å²) in [4.78, 5) is 18.2. The van der Waals surface area contributed by atoms with Gasteiger partial charge in [0, 0.05) is 41.6 Å². The van der Waals surface area contributed by atoms with Gasteiger partial charge in [0.2, 0.25) is 0 Å². The number of benzene rings is 3. The van der Waals surface area contributed by atoms with Crippen molar-refractivity contribution < 1.29 is 9.90 Å². The number of aromatic carboxylic acids is 1. The lowest BCUT2D eigenvalue weighted by Gasteiger charge is -2.26. The lowest BCUT2D eigenvalue weighted by molar-refractivity contribution is 0.0691. The molecule has 1 aliphatic carbocycles. The normalized spacial score (nSPS) is 13.3. The monoisotopic (exact) mass is 519 g/mol. The van der Waals surface area contributed by atoms with Crippen LogP contribution in [0, 0.1) is 0 Å². The Balaban J connectivity index is 1.35. The zero-order valence-electron chi connectivity index (χ0n) is 20.0. The largest absolute Gasteiger partial charge is 0.477 e. The quantitative estimate of drug-likeness (QED) is 0.291. The Morgan fingerprint density at radius 2 is 1.67 bits per heavy atom. The number of carboxylic acids is 1. The minimum Gasteiger partial charge on any atom is -0.477 e. The summed E-state index contributed by atoms with van der Waals surface area (Å²) < 4.78 is 0. The lowest BCUT2D eigenvalue weighted by Crippen LogP contribution is -2.30. The number of hydrogen-bond acceptors (Lipinski definition) is 4. The van der Waals surface area contributed by atoms with E-state index in [2.05, 4.69) is 70.8 Å². The molecule has 36 heavy (non-hydrogen) atoms. The summed E-state index contributed by atoms with van der Waals surface area (Å²) >= 11 is 12.6. The first-order valence-corrected chi connectivity index (χ1v) is 12.8. The number of anilines is 1. The SMILES string of the molecule is CN(CCNc1cc(C(=O)O)nc2cc(Cl)cc(Cl)c12)CC1c2ccccc2CCc2ccccc21. The molecule has 184 valence electrons. The molecule has 4 aromatic rings. The number of nitrogens with zero attached hydrogens (tertiary/aromatic N) is 2. The number of likely N-dealkylation sites (N-methyl/N-ethyl adjacent to an activating group) is 1. The molecule has 0 bridgehead atoms. The third-order valence-electron chi connectivity index (χ3n) is 6.87. The van der Waals surface area contributed by atoms with E-state index in [1.807, 2.05) is 0 Å². The molecular weight excluding hydrogens is 493 g/mol. The molecule has 0 fully saturated rings. The molecule has 0 radical (unpaired) electrons. The van der Waals surface area contributed by atoms with Crippen LogP contribution in [0.4, 0.5) is 5.69 Å². The number of carbonyl (C=O) groups is 1. The number of rotatable bonds is 7. The topological polar surface area (TPSA) is 65.5 Å². The molecule has 1 aliphatic rings. The molecule has 0 amide bonds. The summed E-state index contributed by atoms with van der Waals surface area (Å²) in [5, 5.41) is 14.4. The van der Waals surface area contributed by atoms with Crippen LogP contribution < -0.4 is 5.32 Å². The number of fused-ring (bicyclic) bond motifs is 3. The van der Waals surface area contributed by atoms with Crippen LogP contribution in [-0.2, 0) is 12.8 Å². The molecule has 1 aromatic heterocycles. The standard InChI is InChI=1S/C29H27Cl2N3O2/c1-34(17-23-21-8-4-2-6-18(21)10-11-19-7-3-5-9-22(19)23)13-12-32-25-16-27(29(35)36)33-26-15-20(30)14-24(31)28(25)26/h2-9,14-16,23H,10-13,17H2,1H3,(H,32,33)(H,35,36). The van der Waals surface area contributed by atoms with Crippen molar-refractivity contribution in [1.82, 2.24) is 9.88 Å². The Labute approximate surface area is 220 Å². The summed E-state index contributed by atoms with van der Waals surface area (Å²) in [6.45, 7) is 2.26. The molecule has 3 aromatic carbocycles. The van der Waals surface area contributed by atoms with E-state index in [9.17, 15) is 9.90 Å². The predicted molar refractivity (Wildman–Crippen MR) is 147 cm³/mol. The minimum atomic E-state index is -1.10. The fourth-order valence-electron chi connectivity index (χ4n) is 5.16. The van der Waals surface area contributed by atoms with Gasteiger partial charge in [-0.25, -0.2) is 9.78 Å². The Kier molecular flexibility index (Phi) is 7.15. The third kappa shape index (κ3) is 5.05. The van der Waals surface area contributed by atoms with Gasteiger partial charge < -0.3 is 15.3 Å². The van der Waals surface area contributed by atoms with E-state index in [0.29, 0.717) is 39.1 Å². The highest BCUT2D eigenvalue weighted by molar-refractivity contribution is 6.39. The fraction of sp³-hybridized carbons (Fsp3) is 0.241. The van der Waals surface area contributed by atoms with Crippen molar-refractivity contribution in [1.29, 1.82) is 0 Å². The second kappa shape index (κ2) is 10.5. The van der Waals surface area contributed by atoms with Gasteiger partial charge in [0.25, 0.3) is 0 Å². The Morgan fingerprint density at radius 1 is 1.03 bits per heavy atom. The minimum absolute atomic E-state index is 0.0524. The third-order valence-corrected chi connectivity index (χ3v) is 7.39. The molecule has 1 heterocycles. The average molecular weight is 520 g/mol. The van der Waals surface area contributed by atoms with E-state index >= 15 is 0 Å². The van der Waals surface area contributed by atoms with E-state index in [1.165, 1.54) is 28.3 Å². The zero-order valence-corrected chi connectivity index (χ0v) is 21.5. The highest BCUT2D eigenvalue weighted by Gasteiger charge is 2.24. The maximum absolute atomic E-state index is 11.6. The number of carboxylic acid groups (broad SMARTS) is 1. The highest BCUT2D eigenvalue weighted by Crippen LogP contribution is 2.35. The average Bonchev–Trinajstić information content (AvgIpc) is 3.00. The Bertz CT molecular complexity index is 1390. The van der Waals surface area contributed by atoms with Crippen molar-refractivity contribution in [3.05, 3.63) is 105 Å². The summed E-state index contributed by atoms with van der Waals surface area (Å²) in [7, 11) is 2.12. The second-order valence-electron chi connectivity index (χ2n) is 9.28. The number of aryl methyl sites for hydroxylation is 2. The molecule has 0 unspecified atom stereocenters. The van der Waals surface area contributed by atoms with Gasteiger partial charge in [-0.3, -0.25) is 0 Å². The van der Waals surface area contributed by atoms with E-state index in [1.54, 1.807) is 12.1 Å². The van der Waals surface area contributed by atoms with Crippen molar-refractivity contribution in [3.63, 3.8) is 0 Å². The van der Waals surface area contributed by atoms with Crippen LogP contribution in [0.5, 0.6) is 0 Å². The summed E-state index contributed by atoms with van der Waals surface area (Å²) in [5.41, 5.74) is 6.68. The van der Waals surface area contributed by atoms with Crippen LogP contribution in [-0.4, -0.2) is 47.6 Å². The van der Waals surface area contributed by atoms with Gasteiger partial charge in [-0.1, -0.05) is 71.7 Å². The van der Waals surface area contributed by atoms with Crippen molar-refractivity contribution in [2.75, 3.05) is 32.0 Å². The number of hydrogen-bond donors (Lipinski definition) is 2. The predicted octanol–water partition coefficient (Wildman–Crippen LogP) is 6.51. The molecule has 7 heteroatoms. The van der Waals surface area contributed by atoms with Crippen molar-refractivity contribution in [2.45, 2.75) is 18.8 Å². The summed E-state index contributed by atoms with van der Waals surface area (Å²) in [6.07, 6.45) is 2.11. The second-order valence-corrected chi connectivity index (χ2v) is 10.1. The number of halogens is 2. The molecule has 2 N–H and O–H groups in total. The van der Waals surface area contributed by atoms with E-state index < -0.39 is 5.97 Å². The van der Waals surface area contributed by atoms with Crippen LogP contribution >= 0.6 is 23.2 Å². The van der Waals surface area contributed by atoms with Crippen molar-refractivity contribution in [3.8, 4) is 0 Å². The Hall–Kier alpha value is -3.12. The number of aromatic nitrogens is 1. The van der Waals surface area contributed by atoms with Gasteiger partial charge in [0.15, 0.2) is 5.69 Å². The van der Waals surface area contributed by atoms with E-state index in [0.717, 1.165) is 25.9 Å². The number of pyridine rings is 1. The van der Waals surface area contributed by atoms with Crippen LogP contribution in [0.15, 0.2) is 66.7 Å². The van der Waals surface area contributed by atoms with Gasteiger partial charge in [0.05, 0.1) is 10.5 Å². The Morgan fingerprint density at radius 3 is 2.31 bits per heavy atom. The molecule has 0 aliphatic heterocycles. The lowest BCUT2D eigenvalue weighted by atomic mass is 9.87. The maximum atomic E-state index is 11.6. The molecule has 0 saturated heterocycles. The van der Waals surface area contributed by atoms with Gasteiger partial charge in [-0.15, -0.1) is 0 Å². The number of nitrogens with one attached hydrogen (secondary N) is 1. The maximum Gasteiger partial charge on any atom is 0.354 e. The van der Waals surface area contributed by atoms with E-state index in [-0.39, 0.29) is 5.69 Å². The van der Waals surface area contributed by atoms with Gasteiger partial charge in [0.1, 0.15) is 0 Å². The van der Waals surface area contributed by atoms with E-state index in [4.69, 9.17) is 23.2 Å². The highest BCUT2D eigenvalue weighted by atomic mass is 35.5. The zero-order chi connectivity index (χ0) is 25.2. The molecule has 5 nitrogen and oxygen atoms in total. The summed E-state index contributed by atoms with van der Waals surface area (Å²) in [6, 6.07) is 22.3. The van der Waals surface area contributed by atoms with Gasteiger partial charge >= 0.3 is 5.97 Å². The van der Waals surface area contributed by atoms with Gasteiger partial charge in [-0.2, -0.15) is 0 Å². The first kappa shape index (κ1) is 24.6. The molecule has 0 atom stereocenters. The first-order chi connectivity index (χ1) is 17.4. The summed E-state index contributed by atoms with van der Waals surface area (Å²) in [5.74, 6) is -0.805. The molecule has 0 spiro atoms. The van der Waals surface area contributed by atoms with Crippen molar-refractivity contribution >= 4 is 45.8 Å². The smallest absolute Gasteiger partial charge is 0.354 e. The van der Waals surface area contributed by atoms with Crippen LogP contribution in [0.1, 0.15) is 38.7 Å². The van der Waals surface area contributed by atoms with Gasteiger partial charge in [-0.05, 0) is 60.3 Å².